The van der Waals surface area contributed by atoms with E-state index in [1.807, 2.05) is 0 Å². The van der Waals surface area contributed by atoms with Crippen molar-refractivity contribution in [3.63, 3.8) is 0 Å². The van der Waals surface area contributed by atoms with E-state index in [0.29, 0.717) is 31.9 Å². The second-order valence-corrected chi connectivity index (χ2v) is 9.29. The Labute approximate surface area is 225 Å². The van der Waals surface area contributed by atoms with E-state index in [1.54, 1.807) is 29.2 Å². The van der Waals surface area contributed by atoms with Crippen molar-refractivity contribution in [2.45, 2.75) is 19.5 Å². The third-order valence-electron chi connectivity index (χ3n) is 6.51. The van der Waals surface area contributed by atoms with E-state index < -0.39 is 4.92 Å². The molecule has 1 aliphatic heterocycles. The third-order valence-corrected chi connectivity index (χ3v) is 6.51. The van der Waals surface area contributed by atoms with Crippen molar-refractivity contribution in [2.75, 3.05) is 45.9 Å². The van der Waals surface area contributed by atoms with Crippen LogP contribution in [0, 0.1) is 15.9 Å². The molecule has 0 atom stereocenters. The number of benzene rings is 2. The summed E-state index contributed by atoms with van der Waals surface area (Å²) in [6, 6.07) is 14.7. The number of rotatable bonds is 12. The largest absolute Gasteiger partial charge is 0.467 e. The molecule has 0 unspecified atom stereocenters. The Hall–Kier alpha value is -4.09. The van der Waals surface area contributed by atoms with Crippen LogP contribution in [0.2, 0.25) is 0 Å². The van der Waals surface area contributed by atoms with Crippen LogP contribution in [0.3, 0.4) is 0 Å². The molecule has 0 saturated carbocycles. The van der Waals surface area contributed by atoms with Crippen LogP contribution < -0.4 is 0 Å². The van der Waals surface area contributed by atoms with Crippen LogP contribution in [-0.2, 0) is 22.6 Å². The number of furan rings is 1. The lowest BCUT2D eigenvalue weighted by atomic mass is 10.1. The Morgan fingerprint density at radius 1 is 0.974 bits per heavy atom. The molecular formula is C28H31FN4O6. The number of non-ortho nitro benzene ring substituents is 1. The number of nitro groups is 1. The molecule has 3 aromatic rings. The minimum atomic E-state index is -0.528. The van der Waals surface area contributed by atoms with Gasteiger partial charge in [-0.3, -0.25) is 24.6 Å². The maximum absolute atomic E-state index is 13.6. The molecule has 0 bridgehead atoms. The normalized spacial score (nSPS) is 13.7. The maximum atomic E-state index is 13.6. The van der Waals surface area contributed by atoms with E-state index in [4.69, 9.17) is 9.15 Å². The first-order valence-corrected chi connectivity index (χ1v) is 12.8. The van der Waals surface area contributed by atoms with Gasteiger partial charge in [0, 0.05) is 50.4 Å². The van der Waals surface area contributed by atoms with E-state index in [-0.39, 0.29) is 48.5 Å². The summed E-state index contributed by atoms with van der Waals surface area (Å²) in [4.78, 5) is 42.9. The van der Waals surface area contributed by atoms with E-state index in [9.17, 15) is 24.1 Å². The lowest BCUT2D eigenvalue weighted by Crippen LogP contribution is -2.44. The molecule has 1 aliphatic rings. The minimum absolute atomic E-state index is 0.120. The summed E-state index contributed by atoms with van der Waals surface area (Å²) >= 11 is 0. The van der Waals surface area contributed by atoms with Gasteiger partial charge in [-0.15, -0.1) is 0 Å². The lowest BCUT2D eigenvalue weighted by molar-refractivity contribution is -0.384. The maximum Gasteiger partial charge on any atom is 0.269 e. The average molecular weight is 539 g/mol. The predicted octanol–water partition coefficient (Wildman–Crippen LogP) is 3.72. The van der Waals surface area contributed by atoms with Gasteiger partial charge in [0.2, 0.25) is 5.91 Å². The zero-order valence-corrected chi connectivity index (χ0v) is 21.5. The Bertz CT molecular complexity index is 1230. The van der Waals surface area contributed by atoms with Gasteiger partial charge >= 0.3 is 0 Å². The summed E-state index contributed by atoms with van der Waals surface area (Å²) in [6.07, 6.45) is 2.16. The summed E-state index contributed by atoms with van der Waals surface area (Å²) in [6.45, 7) is 4.19. The zero-order chi connectivity index (χ0) is 27.6. The van der Waals surface area contributed by atoms with Crippen molar-refractivity contribution in [1.82, 2.24) is 14.7 Å². The van der Waals surface area contributed by atoms with Gasteiger partial charge in [-0.05, 0) is 48.4 Å². The van der Waals surface area contributed by atoms with Crippen molar-refractivity contribution < 1.29 is 28.1 Å². The highest BCUT2D eigenvalue weighted by Crippen LogP contribution is 2.16. The second kappa shape index (κ2) is 13.6. The van der Waals surface area contributed by atoms with Crippen LogP contribution in [0.25, 0.3) is 0 Å². The van der Waals surface area contributed by atoms with Crippen molar-refractivity contribution in [2.24, 2.45) is 0 Å². The molecule has 2 aromatic carbocycles. The third kappa shape index (κ3) is 8.20. The number of carbonyl (C=O) groups is 2. The van der Waals surface area contributed by atoms with Gasteiger partial charge < -0.3 is 19.0 Å². The van der Waals surface area contributed by atoms with E-state index >= 15 is 0 Å². The SMILES string of the molecule is O=C(CN(CCCN1CCOCC1)C(=O)c1ccc([N+](=O)[O-])cc1)N(Cc1ccc(F)cc1)Cc1ccco1. The van der Waals surface area contributed by atoms with Gasteiger partial charge in [0.1, 0.15) is 18.1 Å². The van der Waals surface area contributed by atoms with Gasteiger partial charge in [0.15, 0.2) is 0 Å². The average Bonchev–Trinajstić information content (AvgIpc) is 3.47. The molecule has 4 rings (SSSR count). The summed E-state index contributed by atoms with van der Waals surface area (Å²) < 4.78 is 24.3. The summed E-state index contributed by atoms with van der Waals surface area (Å²) in [7, 11) is 0. The van der Waals surface area contributed by atoms with Crippen LogP contribution >= 0.6 is 0 Å². The molecule has 206 valence electrons. The molecule has 39 heavy (non-hydrogen) atoms. The zero-order valence-electron chi connectivity index (χ0n) is 21.5. The Morgan fingerprint density at radius 3 is 2.33 bits per heavy atom. The first kappa shape index (κ1) is 27.9. The first-order valence-electron chi connectivity index (χ1n) is 12.8. The van der Waals surface area contributed by atoms with Gasteiger partial charge in [-0.1, -0.05) is 12.1 Å². The number of morpholine rings is 1. The van der Waals surface area contributed by atoms with Crippen LogP contribution in [0.15, 0.2) is 71.3 Å². The molecule has 2 heterocycles. The molecule has 1 aromatic heterocycles. The lowest BCUT2D eigenvalue weighted by Gasteiger charge is -2.30. The number of amides is 2. The number of hydrogen-bond acceptors (Lipinski definition) is 7. The topological polar surface area (TPSA) is 109 Å². The van der Waals surface area contributed by atoms with Crippen LogP contribution in [0.5, 0.6) is 0 Å². The van der Waals surface area contributed by atoms with Crippen molar-refractivity contribution in [1.29, 1.82) is 0 Å². The molecule has 0 N–H and O–H groups in total. The molecule has 0 spiro atoms. The molecule has 1 saturated heterocycles. The number of carbonyl (C=O) groups excluding carboxylic acids is 2. The Balaban J connectivity index is 1.50. The van der Waals surface area contributed by atoms with Gasteiger partial charge in [0.05, 0.1) is 30.9 Å². The number of ether oxygens (including phenoxy) is 1. The van der Waals surface area contributed by atoms with E-state index in [1.165, 1.54) is 47.6 Å². The smallest absolute Gasteiger partial charge is 0.269 e. The highest BCUT2D eigenvalue weighted by atomic mass is 19.1. The molecular weight excluding hydrogens is 507 g/mol. The van der Waals surface area contributed by atoms with Gasteiger partial charge in [-0.2, -0.15) is 0 Å². The second-order valence-electron chi connectivity index (χ2n) is 9.29. The summed E-state index contributed by atoms with van der Waals surface area (Å²) in [5, 5.41) is 11.0. The Morgan fingerprint density at radius 2 is 1.69 bits per heavy atom. The molecule has 0 radical (unpaired) electrons. The monoisotopic (exact) mass is 538 g/mol. The van der Waals surface area contributed by atoms with E-state index in [0.717, 1.165) is 25.2 Å². The summed E-state index contributed by atoms with van der Waals surface area (Å²) in [5.74, 6) is -0.494. The summed E-state index contributed by atoms with van der Waals surface area (Å²) in [5.41, 5.74) is 0.873. The van der Waals surface area contributed by atoms with Gasteiger partial charge in [-0.25, -0.2) is 4.39 Å². The first-order chi connectivity index (χ1) is 18.9. The molecule has 10 nitrogen and oxygen atoms in total. The van der Waals surface area contributed by atoms with Crippen LogP contribution in [-0.4, -0.2) is 77.4 Å². The quantitative estimate of drug-likeness (QED) is 0.255. The Kier molecular flexibility index (Phi) is 9.76. The molecule has 2 amide bonds. The highest BCUT2D eigenvalue weighted by Gasteiger charge is 2.24. The van der Waals surface area contributed by atoms with Crippen molar-refractivity contribution in [3.8, 4) is 0 Å². The minimum Gasteiger partial charge on any atom is -0.467 e. The fraction of sp³-hybridized carbons (Fsp3) is 0.357. The predicted molar refractivity (Wildman–Crippen MR) is 140 cm³/mol. The fourth-order valence-electron chi connectivity index (χ4n) is 4.37. The van der Waals surface area contributed by atoms with Crippen molar-refractivity contribution >= 4 is 17.5 Å². The number of nitrogens with zero attached hydrogens (tertiary/aromatic N) is 4. The number of halogens is 1. The van der Waals surface area contributed by atoms with Crippen molar-refractivity contribution in [3.05, 3.63) is 99.7 Å². The van der Waals surface area contributed by atoms with Gasteiger partial charge in [0.25, 0.3) is 11.6 Å². The van der Waals surface area contributed by atoms with Crippen LogP contribution in [0.1, 0.15) is 28.1 Å². The standard InChI is InChI=1S/C28H31FN4O6/c29-24-8-4-22(5-9-24)19-32(20-26-3-1-16-39-26)27(34)21-31(13-2-12-30-14-17-38-18-15-30)28(35)23-6-10-25(11-7-23)33(36)37/h1,3-11,16H,2,12-15,17-21H2. The number of nitro benzene ring substituents is 1. The van der Waals surface area contributed by atoms with Crippen LogP contribution in [0.4, 0.5) is 10.1 Å². The fourth-order valence-corrected chi connectivity index (χ4v) is 4.37. The van der Waals surface area contributed by atoms with E-state index in [2.05, 4.69) is 4.90 Å². The molecule has 11 heteroatoms. The molecule has 0 aliphatic carbocycles. The molecule has 1 fully saturated rings. The number of hydrogen-bond donors (Lipinski definition) is 0. The highest BCUT2D eigenvalue weighted by molar-refractivity contribution is 5.96.